The number of benzene rings is 1. The zero-order chi connectivity index (χ0) is 16.9. The summed E-state index contributed by atoms with van der Waals surface area (Å²) >= 11 is 0. The van der Waals surface area contributed by atoms with Gasteiger partial charge in [0.25, 0.3) is 0 Å². The number of nitrogens with two attached hydrogens (primary N) is 1. The molecule has 0 atom stereocenters. The van der Waals surface area contributed by atoms with E-state index in [4.69, 9.17) is 5.73 Å². The number of hydrogen-bond acceptors (Lipinski definition) is 3. The zero-order valence-corrected chi connectivity index (χ0v) is 17.4. The standard InChI is InChI=1S/C16H26N4O2S.HI/c1-3-20(4-2)23(21,22)11-10-18-16(17)19-15-9-8-13-6-5-7-14(13)12-15;/h8-9,12H,3-7,10-11H2,1-2H3,(H3,17,18,19);1H. The van der Waals surface area contributed by atoms with Crippen LogP contribution in [-0.4, -0.2) is 44.1 Å². The van der Waals surface area contributed by atoms with Gasteiger partial charge < -0.3 is 11.1 Å². The maximum Gasteiger partial charge on any atom is 0.215 e. The highest BCUT2D eigenvalue weighted by Gasteiger charge is 2.17. The van der Waals surface area contributed by atoms with Crippen LogP contribution >= 0.6 is 24.0 Å². The van der Waals surface area contributed by atoms with Gasteiger partial charge in [0, 0.05) is 18.8 Å². The lowest BCUT2D eigenvalue weighted by Crippen LogP contribution is -2.34. The van der Waals surface area contributed by atoms with Gasteiger partial charge in [-0.3, -0.25) is 4.99 Å². The van der Waals surface area contributed by atoms with Crippen molar-refractivity contribution in [2.24, 2.45) is 10.7 Å². The van der Waals surface area contributed by atoms with Gasteiger partial charge in [-0.25, -0.2) is 12.7 Å². The summed E-state index contributed by atoms with van der Waals surface area (Å²) in [4.78, 5) is 4.13. The molecule has 0 amide bonds. The van der Waals surface area contributed by atoms with E-state index in [2.05, 4.69) is 22.4 Å². The molecule has 0 fully saturated rings. The quantitative estimate of drug-likeness (QED) is 0.367. The van der Waals surface area contributed by atoms with Crippen LogP contribution in [0.4, 0.5) is 5.69 Å². The highest BCUT2D eigenvalue weighted by atomic mass is 127. The summed E-state index contributed by atoms with van der Waals surface area (Å²) in [6.07, 6.45) is 3.44. The van der Waals surface area contributed by atoms with E-state index >= 15 is 0 Å². The van der Waals surface area contributed by atoms with Gasteiger partial charge in [0.15, 0.2) is 5.96 Å². The summed E-state index contributed by atoms with van der Waals surface area (Å²) in [6.45, 7) is 4.77. The first kappa shape index (κ1) is 21.2. The van der Waals surface area contributed by atoms with Gasteiger partial charge in [0.05, 0.1) is 12.3 Å². The van der Waals surface area contributed by atoms with Crippen molar-refractivity contribution in [3.63, 3.8) is 0 Å². The van der Waals surface area contributed by atoms with Crippen molar-refractivity contribution in [1.29, 1.82) is 0 Å². The van der Waals surface area contributed by atoms with E-state index in [1.54, 1.807) is 0 Å². The van der Waals surface area contributed by atoms with Gasteiger partial charge in [0.1, 0.15) is 0 Å². The molecule has 1 aliphatic carbocycles. The molecule has 0 aliphatic heterocycles. The average molecular weight is 466 g/mol. The van der Waals surface area contributed by atoms with E-state index in [9.17, 15) is 8.42 Å². The van der Waals surface area contributed by atoms with Crippen LogP contribution in [0.5, 0.6) is 0 Å². The molecule has 0 radical (unpaired) electrons. The Labute approximate surface area is 162 Å². The molecule has 1 aromatic carbocycles. The Hall–Kier alpha value is -0.870. The molecule has 1 aliphatic rings. The van der Waals surface area contributed by atoms with E-state index in [1.165, 1.54) is 21.9 Å². The summed E-state index contributed by atoms with van der Waals surface area (Å²) in [5.41, 5.74) is 9.51. The Morgan fingerprint density at radius 3 is 2.58 bits per heavy atom. The summed E-state index contributed by atoms with van der Waals surface area (Å²) in [5, 5.41) is 3.03. The van der Waals surface area contributed by atoms with E-state index < -0.39 is 10.0 Å². The lowest BCUT2D eigenvalue weighted by Gasteiger charge is -2.17. The molecule has 0 bridgehead atoms. The van der Waals surface area contributed by atoms with Crippen molar-refractivity contribution >= 4 is 45.6 Å². The number of guanidine groups is 1. The summed E-state index contributed by atoms with van der Waals surface area (Å²) < 4.78 is 25.5. The van der Waals surface area contributed by atoms with Crippen LogP contribution in [0.3, 0.4) is 0 Å². The fourth-order valence-corrected chi connectivity index (χ4v) is 4.23. The summed E-state index contributed by atoms with van der Waals surface area (Å²) in [7, 11) is -3.26. The molecule has 3 N–H and O–H groups in total. The fourth-order valence-electron chi connectivity index (χ4n) is 2.86. The van der Waals surface area contributed by atoms with Gasteiger partial charge in [0.2, 0.25) is 10.0 Å². The molecule has 0 saturated carbocycles. The molecule has 0 aromatic heterocycles. The van der Waals surface area contributed by atoms with Gasteiger partial charge in [-0.15, -0.1) is 24.0 Å². The summed E-state index contributed by atoms with van der Waals surface area (Å²) in [6, 6.07) is 6.19. The van der Waals surface area contributed by atoms with Gasteiger partial charge in [-0.1, -0.05) is 19.9 Å². The molecule has 2 rings (SSSR count). The van der Waals surface area contributed by atoms with Crippen LogP contribution in [0, 0.1) is 0 Å². The zero-order valence-electron chi connectivity index (χ0n) is 14.3. The normalized spacial score (nSPS) is 14.4. The van der Waals surface area contributed by atoms with Crippen molar-refractivity contribution < 1.29 is 8.42 Å². The minimum atomic E-state index is -3.26. The number of hydrogen-bond donors (Lipinski definition) is 2. The predicted molar refractivity (Wildman–Crippen MR) is 111 cm³/mol. The van der Waals surface area contributed by atoms with Crippen LogP contribution in [0.15, 0.2) is 23.2 Å². The highest BCUT2D eigenvalue weighted by Crippen LogP contribution is 2.24. The number of nitrogens with zero attached hydrogens (tertiary/aromatic N) is 2. The predicted octanol–water partition coefficient (Wildman–Crippen LogP) is 2.19. The maximum atomic E-state index is 12.1. The van der Waals surface area contributed by atoms with Crippen LogP contribution in [-0.2, 0) is 22.9 Å². The van der Waals surface area contributed by atoms with Crippen molar-refractivity contribution in [2.45, 2.75) is 33.1 Å². The third kappa shape index (κ3) is 5.59. The lowest BCUT2D eigenvalue weighted by atomic mass is 10.1. The second kappa shape index (κ2) is 9.57. The van der Waals surface area contributed by atoms with Crippen molar-refractivity contribution in [2.75, 3.05) is 30.7 Å². The van der Waals surface area contributed by atoms with Crippen molar-refractivity contribution in [3.8, 4) is 0 Å². The Morgan fingerprint density at radius 2 is 1.92 bits per heavy atom. The Kier molecular flexibility index (Phi) is 8.44. The fraction of sp³-hybridized carbons (Fsp3) is 0.562. The molecular weight excluding hydrogens is 439 g/mol. The van der Waals surface area contributed by atoms with E-state index in [0.29, 0.717) is 13.1 Å². The van der Waals surface area contributed by atoms with Gasteiger partial charge in [-0.2, -0.15) is 0 Å². The first-order valence-electron chi connectivity index (χ1n) is 8.12. The molecule has 0 saturated heterocycles. The number of fused-ring (bicyclic) bond motifs is 1. The first-order valence-corrected chi connectivity index (χ1v) is 9.73. The number of halogens is 1. The molecule has 6 nitrogen and oxygen atoms in total. The van der Waals surface area contributed by atoms with E-state index in [-0.39, 0.29) is 42.2 Å². The highest BCUT2D eigenvalue weighted by molar-refractivity contribution is 14.0. The minimum Gasteiger partial charge on any atom is -0.370 e. The van der Waals surface area contributed by atoms with Crippen molar-refractivity contribution in [3.05, 3.63) is 29.3 Å². The third-order valence-electron chi connectivity index (χ3n) is 4.10. The van der Waals surface area contributed by atoms with Gasteiger partial charge >= 0.3 is 0 Å². The molecule has 8 heteroatoms. The third-order valence-corrected chi connectivity index (χ3v) is 6.10. The number of sulfonamides is 1. The monoisotopic (exact) mass is 466 g/mol. The van der Waals surface area contributed by atoms with Crippen LogP contribution in [0.1, 0.15) is 31.4 Å². The van der Waals surface area contributed by atoms with Crippen LogP contribution < -0.4 is 11.1 Å². The summed E-state index contributed by atoms with van der Waals surface area (Å²) in [5.74, 6) is 0.221. The number of aliphatic imine (C=N–C) groups is 1. The molecule has 136 valence electrons. The second-order valence-corrected chi connectivity index (χ2v) is 7.72. The maximum absolute atomic E-state index is 12.1. The topological polar surface area (TPSA) is 87.8 Å². The average Bonchev–Trinajstić information content (AvgIpc) is 2.95. The smallest absolute Gasteiger partial charge is 0.215 e. The van der Waals surface area contributed by atoms with Crippen LogP contribution in [0.25, 0.3) is 0 Å². The number of aryl methyl sites for hydroxylation is 2. The van der Waals surface area contributed by atoms with Crippen molar-refractivity contribution in [1.82, 2.24) is 4.31 Å². The largest absolute Gasteiger partial charge is 0.370 e. The van der Waals surface area contributed by atoms with E-state index in [0.717, 1.165) is 18.5 Å². The Morgan fingerprint density at radius 1 is 1.25 bits per heavy atom. The molecular formula is C16H27IN4O2S. The lowest BCUT2D eigenvalue weighted by molar-refractivity contribution is 0.445. The number of rotatable bonds is 7. The van der Waals surface area contributed by atoms with Gasteiger partial charge in [-0.05, 0) is 42.5 Å². The molecule has 0 spiro atoms. The Balaban J connectivity index is 0.00000288. The Bertz CT molecular complexity index is 673. The second-order valence-electron chi connectivity index (χ2n) is 5.63. The molecule has 0 unspecified atom stereocenters. The molecule has 1 aromatic rings. The first-order chi connectivity index (χ1) is 11.0. The molecule has 0 heterocycles. The van der Waals surface area contributed by atoms with E-state index in [1.807, 2.05) is 19.9 Å². The number of nitrogens with one attached hydrogen (secondary N) is 1. The minimum absolute atomic E-state index is 0. The SMILES string of the molecule is CCN(CC)S(=O)(=O)CCN=C(N)Nc1ccc2c(c1)CCC2.I. The molecule has 24 heavy (non-hydrogen) atoms. The van der Waals surface area contributed by atoms with Crippen LogP contribution in [0.2, 0.25) is 0 Å². The number of anilines is 1.